The summed E-state index contributed by atoms with van der Waals surface area (Å²) in [6.45, 7) is 18.8. The van der Waals surface area contributed by atoms with Gasteiger partial charge in [-0.3, -0.25) is 0 Å². The third-order valence-electron chi connectivity index (χ3n) is 18.5. The van der Waals surface area contributed by atoms with Crippen LogP contribution in [0.4, 0.5) is 0 Å². The van der Waals surface area contributed by atoms with Gasteiger partial charge in [-0.25, -0.2) is 0 Å². The summed E-state index contributed by atoms with van der Waals surface area (Å²) >= 11 is 1.88. The van der Waals surface area contributed by atoms with Gasteiger partial charge in [0, 0.05) is 10.8 Å². The van der Waals surface area contributed by atoms with Gasteiger partial charge in [0.25, 0.3) is 0 Å². The van der Waals surface area contributed by atoms with Crippen molar-refractivity contribution in [1.29, 1.82) is 0 Å². The molecule has 0 amide bonds. The molecule has 4 aliphatic carbocycles. The van der Waals surface area contributed by atoms with Gasteiger partial charge >= 0.3 is 304 Å². The number of hydrogen-bond acceptors (Lipinski definition) is 0. The van der Waals surface area contributed by atoms with E-state index in [1.165, 1.54) is 145 Å². The summed E-state index contributed by atoms with van der Waals surface area (Å²) in [5.41, 5.74) is 27.8. The second kappa shape index (κ2) is 19.6. The van der Waals surface area contributed by atoms with Gasteiger partial charge in [0.2, 0.25) is 0 Å². The van der Waals surface area contributed by atoms with E-state index < -0.39 is 7.26 Å². The van der Waals surface area contributed by atoms with Crippen molar-refractivity contribution < 1.29 is 17.9 Å². The van der Waals surface area contributed by atoms with E-state index in [0.29, 0.717) is 0 Å². The maximum atomic E-state index is 4.02. The molecule has 0 bridgehead atoms. The molecule has 0 aliphatic heterocycles. The summed E-state index contributed by atoms with van der Waals surface area (Å²) in [5, 5.41) is 5.30. The van der Waals surface area contributed by atoms with Crippen LogP contribution in [0.2, 0.25) is 0 Å². The monoisotopic (exact) mass is 1210 g/mol. The fourth-order valence-electron chi connectivity index (χ4n) is 14.2. The molecule has 1 fully saturated rings. The van der Waals surface area contributed by atoms with E-state index in [2.05, 4.69) is 284 Å². The second-order valence-corrected chi connectivity index (χ2v) is 27.8. The zero-order chi connectivity index (χ0) is 54.4. The van der Waals surface area contributed by atoms with Crippen molar-refractivity contribution in [1.82, 2.24) is 0 Å². The average Bonchev–Trinajstić information content (AvgIpc) is 4.35. The summed E-state index contributed by atoms with van der Waals surface area (Å²) in [6.07, 6.45) is 12.6. The first-order chi connectivity index (χ1) is 38.3. The number of fused-ring (bicyclic) bond motifs is 9. The van der Waals surface area contributed by atoms with Crippen LogP contribution in [0.5, 0.6) is 0 Å². The Morgan fingerprint density at radius 2 is 0.797 bits per heavy atom. The van der Waals surface area contributed by atoms with Crippen LogP contribution in [0, 0.1) is 4.37 Å². The Bertz CT molecular complexity index is 4030. The standard InChI is InChI=1S/C77H67P.Os/c1-10-22-51-31-37-62-63-38-32-54(45-70(63)75(4,5)69(62)43-51)55-33-39-64-65-40-34-56(47-72(65)76(6,7)71(64)46-55)57-35-41-66-67-42-36-58(49-74(67)77(8,9)73(66)48-57)68(44-53-24-21-23-52(53)11-2)50(3)78(59-25-15-12-16-26-59,60-27-17-13-18-28-60)61-29-19-14-20-30-61;/h10-20,22,25-49H,21,23-24H2,1-2,4-9H3;/q+1;/b22-10+,52-11?,53-44?,68-50?;. The van der Waals surface area contributed by atoms with Crippen LogP contribution < -0.4 is 15.9 Å². The van der Waals surface area contributed by atoms with Gasteiger partial charge in [-0.15, -0.1) is 0 Å². The Morgan fingerprint density at radius 3 is 1.19 bits per heavy atom. The SMILES string of the molecule is CC=C1CCCC1=CC(=C([C]#[Os])[P+](c1ccccc1)(c1ccccc1)c1ccccc1)c1ccc2c(c1)C(C)(C)c1cc(-c3ccc4c(c3)C(C)(C)c3cc(-c5ccc6c(c5)C(C)(C)c5cc(/C=C/C)ccc5-6)ccc3-4)ccc1-2. The van der Waals surface area contributed by atoms with Crippen molar-refractivity contribution in [2.45, 2.75) is 90.9 Å². The third-order valence-corrected chi connectivity index (χ3v) is 23.8. The molecule has 79 heavy (non-hydrogen) atoms. The molecule has 0 unspecified atom stereocenters. The molecule has 0 radical (unpaired) electrons. The fraction of sp³-hybridized carbons (Fsp3) is 0.182. The topological polar surface area (TPSA) is 0 Å². The van der Waals surface area contributed by atoms with E-state index >= 15 is 0 Å². The van der Waals surface area contributed by atoms with Crippen molar-refractivity contribution in [2.24, 2.45) is 0 Å². The van der Waals surface area contributed by atoms with E-state index in [1.54, 1.807) is 0 Å². The van der Waals surface area contributed by atoms with Gasteiger partial charge < -0.3 is 0 Å². The van der Waals surface area contributed by atoms with Crippen molar-refractivity contribution in [2.75, 3.05) is 0 Å². The first-order valence-corrected chi connectivity index (χ1v) is 31.4. The Labute approximate surface area is 479 Å². The second-order valence-electron chi connectivity index (χ2n) is 23.8. The molecule has 4 aliphatic rings. The molecule has 0 spiro atoms. The molecule has 9 aromatic carbocycles. The predicted molar refractivity (Wildman–Crippen MR) is 336 cm³/mol. The van der Waals surface area contributed by atoms with Crippen LogP contribution in [0.25, 0.3) is 67.3 Å². The van der Waals surface area contributed by atoms with E-state index in [-0.39, 0.29) is 16.2 Å². The van der Waals surface area contributed by atoms with Gasteiger partial charge in [-0.05, 0) is 80.3 Å². The first-order valence-electron chi connectivity index (χ1n) is 28.3. The van der Waals surface area contributed by atoms with Crippen molar-refractivity contribution in [3.63, 3.8) is 0 Å². The average molecular weight is 1210 g/mol. The van der Waals surface area contributed by atoms with Gasteiger partial charge in [0.15, 0.2) is 0 Å². The number of allylic oxidation sites excluding steroid dienone is 7. The van der Waals surface area contributed by atoms with E-state index in [0.717, 1.165) is 12.8 Å². The van der Waals surface area contributed by atoms with Crippen LogP contribution in [0.3, 0.4) is 0 Å². The molecule has 387 valence electrons. The first kappa shape index (κ1) is 51.2. The van der Waals surface area contributed by atoms with Crippen molar-refractivity contribution in [3.05, 3.63) is 279 Å². The summed E-state index contributed by atoms with van der Waals surface area (Å²) in [5.74, 6) is 0. The summed E-state index contributed by atoms with van der Waals surface area (Å²) < 4.78 is 4.02. The number of hydrogen-bond donors (Lipinski definition) is 0. The molecule has 0 saturated heterocycles. The summed E-state index contributed by atoms with van der Waals surface area (Å²) in [6, 6.07) is 77.2. The molecule has 9 aromatic rings. The molecule has 1 saturated carbocycles. The molecule has 0 aromatic heterocycles. The van der Waals surface area contributed by atoms with E-state index in [4.69, 9.17) is 0 Å². The molecule has 13 rings (SSSR count). The van der Waals surface area contributed by atoms with E-state index in [1.807, 2.05) is 17.9 Å². The van der Waals surface area contributed by atoms with Crippen LogP contribution >= 0.6 is 7.26 Å². The Kier molecular flexibility index (Phi) is 12.7. The van der Waals surface area contributed by atoms with Gasteiger partial charge in [0.1, 0.15) is 0 Å². The fourth-order valence-corrected chi connectivity index (χ4v) is 20.1. The maximum absolute atomic E-state index is 4.02. The van der Waals surface area contributed by atoms with E-state index in [9.17, 15) is 0 Å². The predicted octanol–water partition coefficient (Wildman–Crippen LogP) is 19.2. The molecular weight excluding hydrogens is 1150 g/mol. The molecule has 0 nitrogen and oxygen atoms in total. The normalized spacial score (nSPS) is 17.2. The zero-order valence-corrected chi connectivity index (χ0v) is 50.2. The Balaban J connectivity index is 0.877. The number of benzene rings is 9. The molecule has 0 atom stereocenters. The molecule has 0 heterocycles. The number of rotatable bonds is 9. The third kappa shape index (κ3) is 8.06. The van der Waals surface area contributed by atoms with Gasteiger partial charge in [-0.1, -0.05) is 88.4 Å². The van der Waals surface area contributed by atoms with Crippen LogP contribution in [-0.2, 0) is 34.2 Å². The van der Waals surface area contributed by atoms with Crippen LogP contribution in [-0.4, -0.2) is 0 Å². The van der Waals surface area contributed by atoms with Crippen molar-refractivity contribution in [3.8, 4) is 60.0 Å². The van der Waals surface area contributed by atoms with Crippen LogP contribution in [0.1, 0.15) is 119 Å². The zero-order valence-electron chi connectivity index (χ0n) is 46.8. The molecule has 0 N–H and O–H groups in total. The van der Waals surface area contributed by atoms with Crippen LogP contribution in [0.15, 0.2) is 235 Å². The summed E-state index contributed by atoms with van der Waals surface area (Å²) in [4.78, 5) is 0. The minimum atomic E-state index is -2.48. The molecular formula is C77H67OsP+. The molecule has 2 heteroatoms. The Morgan fingerprint density at radius 1 is 0.430 bits per heavy atom. The summed E-state index contributed by atoms with van der Waals surface area (Å²) in [7, 11) is -2.48. The Hall–Kier alpha value is -7.21. The quantitative estimate of drug-likeness (QED) is 0.126. The minimum absolute atomic E-state index is 0.0799. The van der Waals surface area contributed by atoms with Gasteiger partial charge in [-0.2, -0.15) is 0 Å². The van der Waals surface area contributed by atoms with Crippen molar-refractivity contribution >= 4 is 34.8 Å². The van der Waals surface area contributed by atoms with Gasteiger partial charge in [0.05, 0.1) is 0 Å².